The van der Waals surface area contributed by atoms with Gasteiger partial charge in [-0.15, -0.1) is 0 Å². The van der Waals surface area contributed by atoms with Crippen LogP contribution < -0.4 is 10.1 Å². The molecule has 0 fully saturated rings. The van der Waals surface area contributed by atoms with E-state index >= 15 is 0 Å². The lowest BCUT2D eigenvalue weighted by Crippen LogP contribution is -2.23. The van der Waals surface area contributed by atoms with Gasteiger partial charge in [-0.05, 0) is 48.4 Å². The van der Waals surface area contributed by atoms with E-state index in [1.807, 2.05) is 48.5 Å². The number of aryl methyl sites for hydroxylation is 1. The van der Waals surface area contributed by atoms with Gasteiger partial charge in [-0.25, -0.2) is 0 Å². The molecule has 0 unspecified atom stereocenters. The Bertz CT molecular complexity index is 860. The van der Waals surface area contributed by atoms with Crippen molar-refractivity contribution in [3.8, 4) is 17.1 Å². The Labute approximate surface area is 156 Å². The molecule has 1 amide bonds. The van der Waals surface area contributed by atoms with E-state index in [0.29, 0.717) is 29.6 Å². The minimum absolute atomic E-state index is 0.0795. The highest BCUT2D eigenvalue weighted by Gasteiger charge is 2.10. The first kappa shape index (κ1) is 17.9. The fraction of sp³-hybridized carbons (Fsp3) is 0.211. The average Bonchev–Trinajstić information content (AvgIpc) is 3.15. The van der Waals surface area contributed by atoms with Crippen LogP contribution >= 0.6 is 11.6 Å². The molecule has 0 atom stereocenters. The maximum absolute atomic E-state index is 12.0. The van der Waals surface area contributed by atoms with E-state index in [9.17, 15) is 4.79 Å². The van der Waals surface area contributed by atoms with Crippen molar-refractivity contribution in [3.05, 3.63) is 65.0 Å². The van der Waals surface area contributed by atoms with Crippen LogP contribution in [0.25, 0.3) is 11.4 Å². The summed E-state index contributed by atoms with van der Waals surface area (Å²) >= 11 is 5.84. The van der Waals surface area contributed by atoms with Crippen LogP contribution in [0.4, 0.5) is 0 Å². The summed E-state index contributed by atoms with van der Waals surface area (Å²) in [6, 6.07) is 14.8. The number of nitrogens with one attached hydrogen (secondary N) is 1. The quantitative estimate of drug-likeness (QED) is 0.686. The zero-order chi connectivity index (χ0) is 18.4. The number of nitrogens with zero attached hydrogens (tertiary/aromatic N) is 2. The van der Waals surface area contributed by atoms with Gasteiger partial charge in [0.2, 0.25) is 17.6 Å². The third-order valence-electron chi connectivity index (χ3n) is 3.81. The Hall–Kier alpha value is -2.86. The van der Waals surface area contributed by atoms with Crippen LogP contribution in [0.3, 0.4) is 0 Å². The van der Waals surface area contributed by atoms with E-state index in [1.165, 1.54) is 0 Å². The molecule has 3 aromatic rings. The van der Waals surface area contributed by atoms with Gasteiger partial charge in [0.15, 0.2) is 0 Å². The van der Waals surface area contributed by atoms with Crippen molar-refractivity contribution in [1.29, 1.82) is 0 Å². The third kappa shape index (κ3) is 4.83. The zero-order valence-electron chi connectivity index (χ0n) is 14.2. The van der Waals surface area contributed by atoms with Crippen molar-refractivity contribution < 1.29 is 14.1 Å². The molecule has 0 aliphatic heterocycles. The molecule has 0 spiro atoms. The van der Waals surface area contributed by atoms with Gasteiger partial charge in [0.25, 0.3) is 0 Å². The Morgan fingerprint density at radius 2 is 1.88 bits per heavy atom. The van der Waals surface area contributed by atoms with E-state index < -0.39 is 0 Å². The number of methoxy groups -OCH3 is 1. The average molecular weight is 372 g/mol. The Morgan fingerprint density at radius 1 is 1.15 bits per heavy atom. The number of rotatable bonds is 7. The summed E-state index contributed by atoms with van der Waals surface area (Å²) in [7, 11) is 1.61. The van der Waals surface area contributed by atoms with Crippen molar-refractivity contribution in [2.24, 2.45) is 0 Å². The summed E-state index contributed by atoms with van der Waals surface area (Å²) in [5.74, 6) is 1.50. The smallest absolute Gasteiger partial charge is 0.246 e. The predicted molar refractivity (Wildman–Crippen MR) is 97.9 cm³/mol. The number of benzene rings is 2. The second-order valence-corrected chi connectivity index (χ2v) is 6.08. The monoisotopic (exact) mass is 371 g/mol. The normalized spacial score (nSPS) is 10.5. The fourth-order valence-electron chi connectivity index (χ4n) is 2.36. The lowest BCUT2D eigenvalue weighted by molar-refractivity contribution is -0.121. The number of halogens is 1. The van der Waals surface area contributed by atoms with E-state index in [0.717, 1.165) is 16.9 Å². The lowest BCUT2D eigenvalue weighted by atomic mass is 10.1. The third-order valence-corrected chi connectivity index (χ3v) is 4.06. The standard InChI is InChI=1S/C19H18ClN3O3/c1-25-16-9-5-14(6-10-16)19-22-18(26-23-19)12-21-17(24)11-4-13-2-7-15(20)8-3-13/h2-3,5-10H,4,11-12H2,1H3,(H,21,24). The van der Waals surface area contributed by atoms with Crippen LogP contribution in [0.2, 0.25) is 5.02 Å². The fourth-order valence-corrected chi connectivity index (χ4v) is 2.48. The molecular formula is C19H18ClN3O3. The molecule has 0 radical (unpaired) electrons. The molecule has 0 aliphatic rings. The molecule has 0 saturated carbocycles. The number of ether oxygens (including phenoxy) is 1. The van der Waals surface area contributed by atoms with Crippen molar-refractivity contribution in [1.82, 2.24) is 15.5 Å². The van der Waals surface area contributed by atoms with Crippen LogP contribution in [0.15, 0.2) is 53.1 Å². The molecule has 1 aromatic heterocycles. The predicted octanol–water partition coefficient (Wildman–Crippen LogP) is 3.65. The van der Waals surface area contributed by atoms with Crippen LogP contribution in [-0.2, 0) is 17.8 Å². The van der Waals surface area contributed by atoms with E-state index in [-0.39, 0.29) is 12.5 Å². The molecular weight excluding hydrogens is 354 g/mol. The summed E-state index contributed by atoms with van der Waals surface area (Å²) in [4.78, 5) is 16.3. The molecule has 1 heterocycles. The first-order valence-corrected chi connectivity index (χ1v) is 8.50. The van der Waals surface area contributed by atoms with Crippen molar-refractivity contribution in [2.45, 2.75) is 19.4 Å². The maximum Gasteiger partial charge on any atom is 0.246 e. The van der Waals surface area contributed by atoms with Gasteiger partial charge in [0.1, 0.15) is 5.75 Å². The second kappa shape index (κ2) is 8.49. The highest BCUT2D eigenvalue weighted by atomic mass is 35.5. The minimum Gasteiger partial charge on any atom is -0.497 e. The molecule has 7 heteroatoms. The SMILES string of the molecule is COc1ccc(-c2noc(CNC(=O)CCc3ccc(Cl)cc3)n2)cc1. The molecule has 26 heavy (non-hydrogen) atoms. The first-order valence-electron chi connectivity index (χ1n) is 8.12. The molecule has 3 rings (SSSR count). The minimum atomic E-state index is -0.0795. The zero-order valence-corrected chi connectivity index (χ0v) is 15.0. The van der Waals surface area contributed by atoms with Gasteiger partial charge in [-0.3, -0.25) is 4.79 Å². The highest BCUT2D eigenvalue weighted by Crippen LogP contribution is 2.19. The topological polar surface area (TPSA) is 77.3 Å². The number of amides is 1. The molecule has 1 N–H and O–H groups in total. The molecule has 2 aromatic carbocycles. The molecule has 6 nitrogen and oxygen atoms in total. The molecule has 0 saturated heterocycles. The second-order valence-electron chi connectivity index (χ2n) is 5.64. The summed E-state index contributed by atoms with van der Waals surface area (Å²) in [6.07, 6.45) is 1.02. The van der Waals surface area contributed by atoms with Gasteiger partial charge in [0, 0.05) is 17.0 Å². The Morgan fingerprint density at radius 3 is 2.58 bits per heavy atom. The summed E-state index contributed by atoms with van der Waals surface area (Å²) in [5, 5.41) is 7.40. The van der Waals surface area contributed by atoms with Crippen LogP contribution in [-0.4, -0.2) is 23.2 Å². The van der Waals surface area contributed by atoms with Crippen molar-refractivity contribution in [3.63, 3.8) is 0 Å². The van der Waals surface area contributed by atoms with E-state index in [2.05, 4.69) is 15.5 Å². The van der Waals surface area contributed by atoms with Gasteiger partial charge in [-0.1, -0.05) is 28.9 Å². The van der Waals surface area contributed by atoms with Gasteiger partial charge < -0.3 is 14.6 Å². The molecule has 0 aliphatic carbocycles. The first-order chi connectivity index (χ1) is 12.6. The van der Waals surface area contributed by atoms with Crippen LogP contribution in [0.5, 0.6) is 5.75 Å². The van der Waals surface area contributed by atoms with Crippen molar-refractivity contribution in [2.75, 3.05) is 7.11 Å². The van der Waals surface area contributed by atoms with Gasteiger partial charge >= 0.3 is 0 Å². The number of carbonyl (C=O) groups excluding carboxylic acids is 1. The lowest BCUT2D eigenvalue weighted by Gasteiger charge is -2.03. The van der Waals surface area contributed by atoms with E-state index in [4.69, 9.17) is 20.9 Å². The summed E-state index contributed by atoms with van der Waals surface area (Å²) in [6.45, 7) is 0.197. The Kier molecular flexibility index (Phi) is 5.86. The molecule has 0 bridgehead atoms. The maximum atomic E-state index is 12.0. The number of carbonyl (C=O) groups is 1. The molecule has 134 valence electrons. The summed E-state index contributed by atoms with van der Waals surface area (Å²) in [5.41, 5.74) is 1.87. The number of hydrogen-bond acceptors (Lipinski definition) is 5. The summed E-state index contributed by atoms with van der Waals surface area (Å²) < 4.78 is 10.3. The van der Waals surface area contributed by atoms with Gasteiger partial charge in [0.05, 0.1) is 13.7 Å². The van der Waals surface area contributed by atoms with Crippen LogP contribution in [0.1, 0.15) is 17.9 Å². The number of hydrogen-bond donors (Lipinski definition) is 1. The van der Waals surface area contributed by atoms with Gasteiger partial charge in [-0.2, -0.15) is 4.98 Å². The largest absolute Gasteiger partial charge is 0.497 e. The van der Waals surface area contributed by atoms with E-state index in [1.54, 1.807) is 7.11 Å². The van der Waals surface area contributed by atoms with Crippen LogP contribution in [0, 0.1) is 0 Å². The number of aromatic nitrogens is 2. The Balaban J connectivity index is 1.49. The highest BCUT2D eigenvalue weighted by molar-refractivity contribution is 6.30. The van der Waals surface area contributed by atoms with Crippen molar-refractivity contribution >= 4 is 17.5 Å².